The van der Waals surface area contributed by atoms with Gasteiger partial charge in [0.05, 0.1) is 6.61 Å². The summed E-state index contributed by atoms with van der Waals surface area (Å²) in [5.74, 6) is 0.163. The number of nitrogen functional groups attached to an aromatic ring is 1. The van der Waals surface area contributed by atoms with Gasteiger partial charge >= 0.3 is 0 Å². The van der Waals surface area contributed by atoms with E-state index in [1.807, 2.05) is 54.6 Å². The molecule has 2 aromatic carbocycles. The standard InChI is InChI=1S/C17H16N4O/c1-22-11-12-6-5-9-14(10-12)16-15(19-17(18)21-20-16)13-7-3-2-4-8-13/h2-10H,11H2,1H3,(H2,18,19,21). The van der Waals surface area contributed by atoms with Gasteiger partial charge < -0.3 is 10.5 Å². The average molecular weight is 292 g/mol. The normalized spacial score (nSPS) is 10.6. The predicted molar refractivity (Wildman–Crippen MR) is 85.8 cm³/mol. The van der Waals surface area contributed by atoms with Gasteiger partial charge in [0.1, 0.15) is 11.4 Å². The van der Waals surface area contributed by atoms with Gasteiger partial charge in [0, 0.05) is 18.2 Å². The molecule has 0 saturated carbocycles. The second kappa shape index (κ2) is 6.32. The SMILES string of the molecule is COCc1cccc(-c2nnc(N)nc2-c2ccccc2)c1. The largest absolute Gasteiger partial charge is 0.380 e. The molecule has 110 valence electrons. The lowest BCUT2D eigenvalue weighted by Crippen LogP contribution is -2.02. The Kier molecular flexibility index (Phi) is 4.07. The fourth-order valence-electron chi connectivity index (χ4n) is 2.31. The fraction of sp³-hybridized carbons (Fsp3) is 0.118. The van der Waals surface area contributed by atoms with Gasteiger partial charge in [-0.3, -0.25) is 0 Å². The van der Waals surface area contributed by atoms with E-state index in [4.69, 9.17) is 10.5 Å². The van der Waals surface area contributed by atoms with E-state index >= 15 is 0 Å². The number of anilines is 1. The van der Waals surface area contributed by atoms with E-state index in [0.29, 0.717) is 12.3 Å². The Morgan fingerprint density at radius 2 is 1.68 bits per heavy atom. The van der Waals surface area contributed by atoms with E-state index in [9.17, 15) is 0 Å². The number of rotatable bonds is 4. The molecule has 1 heterocycles. The highest BCUT2D eigenvalue weighted by molar-refractivity contribution is 5.78. The molecule has 1 aromatic heterocycles. The zero-order valence-electron chi connectivity index (χ0n) is 12.2. The van der Waals surface area contributed by atoms with Gasteiger partial charge in [0.2, 0.25) is 5.95 Å². The van der Waals surface area contributed by atoms with Gasteiger partial charge in [0.25, 0.3) is 0 Å². The van der Waals surface area contributed by atoms with Crippen LogP contribution < -0.4 is 5.73 Å². The molecule has 3 rings (SSSR count). The third-order valence-corrected chi connectivity index (χ3v) is 3.26. The first-order chi connectivity index (χ1) is 10.8. The zero-order chi connectivity index (χ0) is 15.4. The summed E-state index contributed by atoms with van der Waals surface area (Å²) in [5, 5.41) is 8.15. The number of hydrogen-bond acceptors (Lipinski definition) is 5. The van der Waals surface area contributed by atoms with E-state index in [2.05, 4.69) is 15.2 Å². The maximum Gasteiger partial charge on any atom is 0.240 e. The van der Waals surface area contributed by atoms with Crippen molar-refractivity contribution in [3.8, 4) is 22.5 Å². The lowest BCUT2D eigenvalue weighted by atomic mass is 10.0. The Morgan fingerprint density at radius 1 is 0.909 bits per heavy atom. The first kappa shape index (κ1) is 14.2. The molecule has 0 bridgehead atoms. The van der Waals surface area contributed by atoms with Crippen LogP contribution in [-0.4, -0.2) is 22.3 Å². The Labute approximate surface area is 128 Å². The number of ether oxygens (including phenoxy) is 1. The minimum Gasteiger partial charge on any atom is -0.380 e. The molecule has 0 unspecified atom stereocenters. The Balaban J connectivity index is 2.13. The minimum atomic E-state index is 0.163. The van der Waals surface area contributed by atoms with Crippen LogP contribution in [0.2, 0.25) is 0 Å². The summed E-state index contributed by atoms with van der Waals surface area (Å²) in [7, 11) is 1.67. The predicted octanol–water partition coefficient (Wildman–Crippen LogP) is 2.93. The summed E-state index contributed by atoms with van der Waals surface area (Å²) < 4.78 is 5.18. The molecule has 0 amide bonds. The first-order valence-electron chi connectivity index (χ1n) is 6.92. The molecule has 0 saturated heterocycles. The van der Waals surface area contributed by atoms with Crippen LogP contribution in [0.1, 0.15) is 5.56 Å². The van der Waals surface area contributed by atoms with Crippen LogP contribution in [0.3, 0.4) is 0 Å². The van der Waals surface area contributed by atoms with Crippen molar-refractivity contribution in [3.63, 3.8) is 0 Å². The van der Waals surface area contributed by atoms with Crippen LogP contribution in [0.25, 0.3) is 22.5 Å². The highest BCUT2D eigenvalue weighted by Crippen LogP contribution is 2.29. The second-order valence-corrected chi connectivity index (χ2v) is 4.87. The summed E-state index contributed by atoms with van der Waals surface area (Å²) >= 11 is 0. The van der Waals surface area contributed by atoms with Crippen molar-refractivity contribution in [3.05, 3.63) is 60.2 Å². The number of benzene rings is 2. The summed E-state index contributed by atoms with van der Waals surface area (Å²) in [4.78, 5) is 4.37. The Morgan fingerprint density at radius 3 is 2.45 bits per heavy atom. The van der Waals surface area contributed by atoms with E-state index < -0.39 is 0 Å². The van der Waals surface area contributed by atoms with Crippen molar-refractivity contribution in [2.24, 2.45) is 0 Å². The minimum absolute atomic E-state index is 0.163. The van der Waals surface area contributed by atoms with E-state index in [1.165, 1.54) is 0 Å². The lowest BCUT2D eigenvalue weighted by molar-refractivity contribution is 0.185. The summed E-state index contributed by atoms with van der Waals surface area (Å²) in [5.41, 5.74) is 10.1. The molecule has 2 N–H and O–H groups in total. The molecular weight excluding hydrogens is 276 g/mol. The van der Waals surface area contributed by atoms with Gasteiger partial charge in [0.15, 0.2) is 0 Å². The van der Waals surface area contributed by atoms with Gasteiger partial charge in [-0.25, -0.2) is 4.98 Å². The molecule has 0 aliphatic rings. The van der Waals surface area contributed by atoms with Crippen molar-refractivity contribution in [2.45, 2.75) is 6.61 Å². The highest BCUT2D eigenvalue weighted by atomic mass is 16.5. The first-order valence-corrected chi connectivity index (χ1v) is 6.92. The van der Waals surface area contributed by atoms with Crippen LogP contribution >= 0.6 is 0 Å². The molecule has 0 aliphatic heterocycles. The third kappa shape index (κ3) is 2.94. The van der Waals surface area contributed by atoms with Crippen LogP contribution in [0.15, 0.2) is 54.6 Å². The van der Waals surface area contributed by atoms with Crippen molar-refractivity contribution < 1.29 is 4.74 Å². The van der Waals surface area contributed by atoms with E-state index in [0.717, 1.165) is 22.4 Å². The Bertz CT molecular complexity index is 775. The highest BCUT2D eigenvalue weighted by Gasteiger charge is 2.12. The van der Waals surface area contributed by atoms with Gasteiger partial charge in [-0.1, -0.05) is 48.5 Å². The van der Waals surface area contributed by atoms with Gasteiger partial charge in [-0.15, -0.1) is 10.2 Å². The molecule has 22 heavy (non-hydrogen) atoms. The van der Waals surface area contributed by atoms with Gasteiger partial charge in [-0.05, 0) is 11.6 Å². The average Bonchev–Trinajstić information content (AvgIpc) is 2.56. The number of nitrogens with two attached hydrogens (primary N) is 1. The third-order valence-electron chi connectivity index (χ3n) is 3.26. The number of aromatic nitrogens is 3. The van der Waals surface area contributed by atoms with Crippen molar-refractivity contribution in [1.29, 1.82) is 0 Å². The number of nitrogens with zero attached hydrogens (tertiary/aromatic N) is 3. The Hall–Kier alpha value is -2.79. The summed E-state index contributed by atoms with van der Waals surface area (Å²) in [6.07, 6.45) is 0. The quantitative estimate of drug-likeness (QED) is 0.800. The van der Waals surface area contributed by atoms with E-state index in [1.54, 1.807) is 7.11 Å². The molecule has 0 fully saturated rings. The van der Waals surface area contributed by atoms with Crippen molar-refractivity contribution in [2.75, 3.05) is 12.8 Å². The monoisotopic (exact) mass is 292 g/mol. The maximum atomic E-state index is 5.72. The van der Waals surface area contributed by atoms with Crippen LogP contribution in [0.4, 0.5) is 5.95 Å². The maximum absolute atomic E-state index is 5.72. The van der Waals surface area contributed by atoms with Crippen LogP contribution in [-0.2, 0) is 11.3 Å². The molecular formula is C17H16N4O. The number of methoxy groups -OCH3 is 1. The topological polar surface area (TPSA) is 73.9 Å². The molecule has 3 aromatic rings. The smallest absolute Gasteiger partial charge is 0.240 e. The second-order valence-electron chi connectivity index (χ2n) is 4.87. The number of hydrogen-bond donors (Lipinski definition) is 1. The van der Waals surface area contributed by atoms with Crippen LogP contribution in [0.5, 0.6) is 0 Å². The van der Waals surface area contributed by atoms with E-state index in [-0.39, 0.29) is 5.95 Å². The van der Waals surface area contributed by atoms with Crippen molar-refractivity contribution in [1.82, 2.24) is 15.2 Å². The summed E-state index contributed by atoms with van der Waals surface area (Å²) in [6.45, 7) is 0.546. The fourth-order valence-corrected chi connectivity index (χ4v) is 2.31. The molecule has 0 atom stereocenters. The van der Waals surface area contributed by atoms with Gasteiger partial charge in [-0.2, -0.15) is 0 Å². The van der Waals surface area contributed by atoms with Crippen LogP contribution in [0, 0.1) is 0 Å². The zero-order valence-corrected chi connectivity index (χ0v) is 12.2. The molecule has 0 aliphatic carbocycles. The molecule has 0 radical (unpaired) electrons. The lowest BCUT2D eigenvalue weighted by Gasteiger charge is -2.09. The van der Waals surface area contributed by atoms with Crippen molar-refractivity contribution >= 4 is 5.95 Å². The molecule has 5 heteroatoms. The summed E-state index contributed by atoms with van der Waals surface area (Å²) in [6, 6.07) is 17.8. The molecule has 5 nitrogen and oxygen atoms in total. The molecule has 0 spiro atoms.